The smallest absolute Gasteiger partial charge is 0.272 e. The standard InChI is InChI=1S/C21H20FN7O3/c1-3-24-20(31)17-11(2)16-18(27-26-17)29-7-6-28(10-15(29)19(30)25-16)21(32)14-8-13(22)5-4-12(14)9-23/h4-5,8,15H,3,6-7,10H2,1-2H3,(H,24,31)(H,25,30). The molecule has 1 aromatic heterocycles. The average molecular weight is 437 g/mol. The molecular formula is C21H20FN7O3. The van der Waals surface area contributed by atoms with E-state index in [4.69, 9.17) is 0 Å². The molecule has 3 heterocycles. The lowest BCUT2D eigenvalue weighted by Gasteiger charge is -2.44. The highest BCUT2D eigenvalue weighted by molar-refractivity contribution is 6.06. The summed E-state index contributed by atoms with van der Waals surface area (Å²) in [7, 11) is 0. The van der Waals surface area contributed by atoms with Crippen LogP contribution in [0.25, 0.3) is 0 Å². The van der Waals surface area contributed by atoms with E-state index in [2.05, 4.69) is 20.8 Å². The molecule has 4 rings (SSSR count). The summed E-state index contributed by atoms with van der Waals surface area (Å²) < 4.78 is 13.7. The summed E-state index contributed by atoms with van der Waals surface area (Å²) in [6.07, 6.45) is 0. The summed E-state index contributed by atoms with van der Waals surface area (Å²) in [5.74, 6) is -1.45. The zero-order valence-electron chi connectivity index (χ0n) is 17.5. The fourth-order valence-electron chi connectivity index (χ4n) is 3.93. The first-order valence-electron chi connectivity index (χ1n) is 10.1. The van der Waals surface area contributed by atoms with Crippen molar-refractivity contribution in [1.82, 2.24) is 20.4 Å². The summed E-state index contributed by atoms with van der Waals surface area (Å²) in [6, 6.07) is 4.57. The Morgan fingerprint density at radius 2 is 2.12 bits per heavy atom. The first kappa shape index (κ1) is 21.2. The molecule has 0 aliphatic carbocycles. The Morgan fingerprint density at radius 3 is 2.84 bits per heavy atom. The number of nitriles is 1. The molecule has 2 aliphatic heterocycles. The lowest BCUT2D eigenvalue weighted by molar-refractivity contribution is -0.118. The number of piperazine rings is 1. The van der Waals surface area contributed by atoms with Crippen LogP contribution in [0.2, 0.25) is 0 Å². The Morgan fingerprint density at radius 1 is 1.34 bits per heavy atom. The third-order valence-corrected chi connectivity index (χ3v) is 5.57. The van der Waals surface area contributed by atoms with Crippen LogP contribution in [0.1, 0.15) is 38.9 Å². The number of fused-ring (bicyclic) bond motifs is 3. The average Bonchev–Trinajstić information content (AvgIpc) is 2.79. The van der Waals surface area contributed by atoms with Crippen molar-refractivity contribution in [2.75, 3.05) is 36.4 Å². The quantitative estimate of drug-likeness (QED) is 0.727. The van der Waals surface area contributed by atoms with Gasteiger partial charge in [-0.15, -0.1) is 10.2 Å². The Kier molecular flexibility index (Phi) is 5.44. The molecule has 0 radical (unpaired) electrons. The second-order valence-corrected chi connectivity index (χ2v) is 7.48. The lowest BCUT2D eigenvalue weighted by atomic mass is 10.0. The maximum Gasteiger partial charge on any atom is 0.272 e. The summed E-state index contributed by atoms with van der Waals surface area (Å²) in [6.45, 7) is 4.46. The molecule has 0 saturated carbocycles. The molecule has 10 nitrogen and oxygen atoms in total. The summed E-state index contributed by atoms with van der Waals surface area (Å²) >= 11 is 0. The molecule has 0 bridgehead atoms. The normalized spacial score (nSPS) is 17.1. The molecule has 2 aromatic rings. The Labute approximate surface area is 183 Å². The second kappa shape index (κ2) is 8.22. The van der Waals surface area contributed by atoms with E-state index in [-0.39, 0.29) is 48.3 Å². The van der Waals surface area contributed by atoms with Gasteiger partial charge in [-0.2, -0.15) is 5.26 Å². The second-order valence-electron chi connectivity index (χ2n) is 7.48. The molecule has 2 aliphatic rings. The van der Waals surface area contributed by atoms with Crippen molar-refractivity contribution in [1.29, 1.82) is 5.26 Å². The molecule has 3 amide bonds. The van der Waals surface area contributed by atoms with Crippen molar-refractivity contribution < 1.29 is 18.8 Å². The summed E-state index contributed by atoms with van der Waals surface area (Å²) in [5.41, 5.74) is 1.08. The third kappa shape index (κ3) is 3.49. The molecule has 32 heavy (non-hydrogen) atoms. The van der Waals surface area contributed by atoms with E-state index in [1.165, 1.54) is 11.0 Å². The molecule has 1 aromatic carbocycles. The van der Waals surface area contributed by atoms with Gasteiger partial charge in [0.2, 0.25) is 5.91 Å². The number of rotatable bonds is 3. The number of aromatic nitrogens is 2. The van der Waals surface area contributed by atoms with Gasteiger partial charge in [-0.3, -0.25) is 14.4 Å². The molecule has 0 spiro atoms. The van der Waals surface area contributed by atoms with E-state index in [1.807, 2.05) is 6.07 Å². The maximum absolute atomic E-state index is 13.7. The highest BCUT2D eigenvalue weighted by Crippen LogP contribution is 2.35. The number of halogens is 1. The van der Waals surface area contributed by atoms with E-state index in [1.54, 1.807) is 18.7 Å². The van der Waals surface area contributed by atoms with Crippen LogP contribution in [0.3, 0.4) is 0 Å². The fraction of sp³-hybridized carbons (Fsp3) is 0.333. The zero-order valence-corrected chi connectivity index (χ0v) is 17.5. The largest absolute Gasteiger partial charge is 0.351 e. The van der Waals surface area contributed by atoms with Gasteiger partial charge in [0.15, 0.2) is 11.5 Å². The molecule has 11 heteroatoms. The molecule has 2 N–H and O–H groups in total. The third-order valence-electron chi connectivity index (χ3n) is 5.57. The highest BCUT2D eigenvalue weighted by Gasteiger charge is 2.41. The van der Waals surface area contributed by atoms with Crippen molar-refractivity contribution in [2.45, 2.75) is 19.9 Å². The van der Waals surface area contributed by atoms with Crippen LogP contribution < -0.4 is 15.5 Å². The van der Waals surface area contributed by atoms with E-state index in [0.29, 0.717) is 23.6 Å². The molecule has 1 atom stereocenters. The summed E-state index contributed by atoms with van der Waals surface area (Å²) in [5, 5.41) is 22.9. The van der Waals surface area contributed by atoms with E-state index < -0.39 is 17.8 Å². The number of amides is 3. The minimum absolute atomic E-state index is 0.0320. The van der Waals surface area contributed by atoms with Crippen molar-refractivity contribution in [3.8, 4) is 6.07 Å². The number of carbonyl (C=O) groups is 3. The highest BCUT2D eigenvalue weighted by atomic mass is 19.1. The number of benzene rings is 1. The molecule has 1 saturated heterocycles. The van der Waals surface area contributed by atoms with Gasteiger partial charge in [0.25, 0.3) is 11.8 Å². The van der Waals surface area contributed by atoms with Gasteiger partial charge in [-0.1, -0.05) is 0 Å². The van der Waals surface area contributed by atoms with Crippen LogP contribution in [-0.2, 0) is 4.79 Å². The van der Waals surface area contributed by atoms with Crippen LogP contribution >= 0.6 is 0 Å². The number of hydrogen-bond acceptors (Lipinski definition) is 7. The van der Waals surface area contributed by atoms with Crippen molar-refractivity contribution in [3.05, 3.63) is 46.4 Å². The number of nitrogens with zero attached hydrogens (tertiary/aromatic N) is 5. The Bertz CT molecular complexity index is 1180. The van der Waals surface area contributed by atoms with Crippen molar-refractivity contribution in [3.63, 3.8) is 0 Å². The number of anilines is 2. The minimum atomic E-state index is -0.733. The maximum atomic E-state index is 13.7. The lowest BCUT2D eigenvalue weighted by Crippen LogP contribution is -2.61. The van der Waals surface area contributed by atoms with Crippen LogP contribution in [0, 0.1) is 24.1 Å². The number of nitrogens with one attached hydrogen (secondary N) is 2. The summed E-state index contributed by atoms with van der Waals surface area (Å²) in [4.78, 5) is 41.2. The first-order valence-corrected chi connectivity index (χ1v) is 10.1. The predicted molar refractivity (Wildman–Crippen MR) is 112 cm³/mol. The van der Waals surface area contributed by atoms with Crippen molar-refractivity contribution >= 4 is 29.2 Å². The zero-order chi connectivity index (χ0) is 23.0. The van der Waals surface area contributed by atoms with Gasteiger partial charge < -0.3 is 20.4 Å². The van der Waals surface area contributed by atoms with E-state index >= 15 is 0 Å². The monoisotopic (exact) mass is 437 g/mol. The molecule has 164 valence electrons. The Balaban J connectivity index is 1.61. The minimum Gasteiger partial charge on any atom is -0.351 e. The number of hydrogen-bond donors (Lipinski definition) is 2. The van der Waals surface area contributed by atoms with Gasteiger partial charge >= 0.3 is 0 Å². The molecular weight excluding hydrogens is 417 g/mol. The molecule has 1 fully saturated rings. The predicted octanol–water partition coefficient (Wildman–Crippen LogP) is 0.829. The Hall–Kier alpha value is -4.07. The van der Waals surface area contributed by atoms with Gasteiger partial charge in [0.05, 0.1) is 29.4 Å². The van der Waals surface area contributed by atoms with Crippen LogP contribution in [0.15, 0.2) is 18.2 Å². The fourth-order valence-corrected chi connectivity index (χ4v) is 3.93. The van der Waals surface area contributed by atoms with Crippen LogP contribution in [0.5, 0.6) is 0 Å². The van der Waals surface area contributed by atoms with Gasteiger partial charge in [0, 0.05) is 25.2 Å². The molecule has 1 unspecified atom stereocenters. The first-order chi connectivity index (χ1) is 15.3. The van der Waals surface area contributed by atoms with Gasteiger partial charge in [-0.05, 0) is 32.0 Å². The van der Waals surface area contributed by atoms with Gasteiger partial charge in [0.1, 0.15) is 11.9 Å². The van der Waals surface area contributed by atoms with Crippen LogP contribution in [-0.4, -0.2) is 65.0 Å². The van der Waals surface area contributed by atoms with Crippen LogP contribution in [0.4, 0.5) is 15.9 Å². The topological polar surface area (TPSA) is 131 Å². The van der Waals surface area contributed by atoms with E-state index in [9.17, 15) is 24.0 Å². The van der Waals surface area contributed by atoms with Gasteiger partial charge in [-0.25, -0.2) is 4.39 Å². The van der Waals surface area contributed by atoms with E-state index in [0.717, 1.165) is 12.1 Å². The SMILES string of the molecule is CCNC(=O)c1nnc2c(c1C)NC(=O)C1CN(C(=O)c3cc(F)ccc3C#N)CCN21. The number of carbonyl (C=O) groups excluding carboxylic acids is 3. The van der Waals surface area contributed by atoms with Crippen molar-refractivity contribution in [2.24, 2.45) is 0 Å².